The summed E-state index contributed by atoms with van der Waals surface area (Å²) in [6, 6.07) is 1.90. The predicted octanol–water partition coefficient (Wildman–Crippen LogP) is 4.03. The molecule has 1 aromatic rings. The summed E-state index contributed by atoms with van der Waals surface area (Å²) in [7, 11) is -2.33. The highest BCUT2D eigenvalue weighted by Gasteiger charge is 2.37. The number of halogens is 1. The van der Waals surface area contributed by atoms with E-state index in [0.29, 0.717) is 18.2 Å². The van der Waals surface area contributed by atoms with Crippen LogP contribution in [0.2, 0.25) is 30.0 Å². The summed E-state index contributed by atoms with van der Waals surface area (Å²) < 4.78 is 6.29. The average Bonchev–Trinajstić information content (AvgIpc) is 2.61. The van der Waals surface area contributed by atoms with Crippen molar-refractivity contribution in [3.8, 4) is 0 Å². The maximum atomic E-state index is 9.89. The summed E-state index contributed by atoms with van der Waals surface area (Å²) in [5.41, 5.74) is 2.79. The summed E-state index contributed by atoms with van der Waals surface area (Å²) in [4.78, 5) is 6.59. The van der Waals surface area contributed by atoms with E-state index < -0.39 is 15.4 Å². The summed E-state index contributed by atoms with van der Waals surface area (Å²) in [5.74, 6) is -0.140. The van der Waals surface area contributed by atoms with Crippen molar-refractivity contribution in [2.45, 2.75) is 58.1 Å². The van der Waals surface area contributed by atoms with Crippen molar-refractivity contribution in [3.63, 3.8) is 0 Å². The molecular weight excluding hydrogens is 391 g/mol. The summed E-state index contributed by atoms with van der Waals surface area (Å²) in [6.07, 6.45) is 4.68. The number of aliphatic hydroxyl groups excluding tert-OH is 1. The molecule has 2 N–H and O–H groups in total. The molecule has 156 valence electrons. The minimum Gasteiger partial charge on any atom is -0.437 e. The molecule has 2 rings (SSSR count). The minimum absolute atomic E-state index is 0.00196. The van der Waals surface area contributed by atoms with Gasteiger partial charge in [-0.3, -0.25) is 4.98 Å². The van der Waals surface area contributed by atoms with Crippen molar-refractivity contribution < 1.29 is 14.6 Å². The summed E-state index contributed by atoms with van der Waals surface area (Å²) in [5, 5.41) is 20.3. The molecule has 28 heavy (non-hydrogen) atoms. The lowest BCUT2D eigenvalue weighted by Crippen LogP contribution is -2.42. The maximum absolute atomic E-state index is 9.89. The van der Waals surface area contributed by atoms with Crippen molar-refractivity contribution in [2.75, 3.05) is 26.3 Å². The lowest BCUT2D eigenvalue weighted by Gasteiger charge is -2.37. The molecule has 0 saturated carbocycles. The van der Waals surface area contributed by atoms with Crippen LogP contribution in [0.3, 0.4) is 0 Å². The number of hydrogen-bond acceptors (Lipinski definition) is 5. The fraction of sp³-hybridized carbons (Fsp3) is 0.650. The largest absolute Gasteiger partial charge is 0.437 e. The van der Waals surface area contributed by atoms with Gasteiger partial charge in [-0.2, -0.15) is 0 Å². The average molecular weight is 425 g/mol. The Kier molecular flexibility index (Phi) is 7.92. The van der Waals surface area contributed by atoms with Gasteiger partial charge in [0.25, 0.3) is 0 Å². The van der Waals surface area contributed by atoms with Crippen LogP contribution in [-0.4, -0.2) is 61.6 Å². The second-order valence-corrected chi connectivity index (χ2v) is 14.4. The van der Waals surface area contributed by atoms with Gasteiger partial charge in [0.1, 0.15) is 0 Å². The molecule has 0 fully saturated rings. The zero-order valence-corrected chi connectivity index (χ0v) is 19.8. The van der Waals surface area contributed by atoms with Crippen LogP contribution in [0.4, 0.5) is 0 Å². The van der Waals surface area contributed by atoms with Gasteiger partial charge in [-0.1, -0.05) is 38.4 Å². The van der Waals surface area contributed by atoms with E-state index in [0.717, 1.165) is 29.8 Å². The Morgan fingerprint density at radius 3 is 2.54 bits per heavy atom. The first-order chi connectivity index (χ1) is 13.0. The van der Waals surface area contributed by atoms with E-state index in [1.807, 2.05) is 10.9 Å². The van der Waals surface area contributed by atoms with Crippen LogP contribution in [0.25, 0.3) is 5.57 Å². The van der Waals surface area contributed by atoms with Gasteiger partial charge in [-0.05, 0) is 55.1 Å². The third kappa shape index (κ3) is 5.68. The second kappa shape index (κ2) is 9.41. The standard InChI is InChI=1S/C20H34BClN2O3Si/c1-20(2,3)28(5,6)27-14-17(13-25)16-11-18(22)19(23-12-16)15-7-9-24(10-8-15)21(4)26/h7,11-12,17,25-26H,8-10,13-14H2,1-6H3. The number of pyridine rings is 1. The molecule has 0 saturated heterocycles. The highest BCUT2D eigenvalue weighted by molar-refractivity contribution is 6.74. The van der Waals surface area contributed by atoms with E-state index >= 15 is 0 Å². The van der Waals surface area contributed by atoms with Crippen LogP contribution in [-0.2, 0) is 4.43 Å². The molecule has 1 aliphatic heterocycles. The number of rotatable bonds is 7. The molecule has 0 aromatic carbocycles. The van der Waals surface area contributed by atoms with E-state index in [9.17, 15) is 10.1 Å². The van der Waals surface area contributed by atoms with Crippen LogP contribution in [0.1, 0.15) is 44.4 Å². The normalized spacial score (nSPS) is 17.4. The first-order valence-electron chi connectivity index (χ1n) is 9.98. The second-order valence-electron chi connectivity index (χ2n) is 9.16. The fourth-order valence-electron chi connectivity index (χ4n) is 2.93. The van der Waals surface area contributed by atoms with Gasteiger partial charge in [0, 0.05) is 25.3 Å². The van der Waals surface area contributed by atoms with Gasteiger partial charge in [0.2, 0.25) is 0 Å². The predicted molar refractivity (Wildman–Crippen MR) is 120 cm³/mol. The summed E-state index contributed by atoms with van der Waals surface area (Å²) in [6.45, 7) is 14.7. The molecule has 1 unspecified atom stereocenters. The fourth-order valence-corrected chi connectivity index (χ4v) is 4.28. The Morgan fingerprint density at radius 1 is 1.39 bits per heavy atom. The molecule has 0 bridgehead atoms. The van der Waals surface area contributed by atoms with Crippen LogP contribution in [0.5, 0.6) is 0 Å². The van der Waals surface area contributed by atoms with Gasteiger partial charge in [0.15, 0.2) is 8.32 Å². The minimum atomic E-state index is -1.88. The number of hydrogen-bond donors (Lipinski definition) is 2. The zero-order valence-electron chi connectivity index (χ0n) is 18.0. The Bertz CT molecular complexity index is 707. The summed E-state index contributed by atoms with van der Waals surface area (Å²) >= 11 is 6.55. The molecule has 0 spiro atoms. The molecule has 2 heterocycles. The Morgan fingerprint density at radius 2 is 2.07 bits per heavy atom. The maximum Gasteiger partial charge on any atom is 0.376 e. The number of aliphatic hydroxyl groups is 1. The first-order valence-corrected chi connectivity index (χ1v) is 13.3. The Hall–Kier alpha value is -0.698. The highest BCUT2D eigenvalue weighted by Crippen LogP contribution is 2.37. The van der Waals surface area contributed by atoms with E-state index in [2.05, 4.69) is 44.9 Å². The van der Waals surface area contributed by atoms with Gasteiger partial charge in [-0.25, -0.2) is 0 Å². The zero-order chi connectivity index (χ0) is 21.1. The molecule has 5 nitrogen and oxygen atoms in total. The SMILES string of the molecule is CB(O)N1CC=C(c2ncc(C(CO)CO[Si](C)(C)C(C)(C)C)cc2Cl)CC1. The third-order valence-electron chi connectivity index (χ3n) is 6.08. The van der Waals surface area contributed by atoms with E-state index in [4.69, 9.17) is 16.0 Å². The van der Waals surface area contributed by atoms with Crippen molar-refractivity contribution in [1.29, 1.82) is 0 Å². The Labute approximate surface area is 176 Å². The molecule has 1 aliphatic rings. The monoisotopic (exact) mass is 424 g/mol. The highest BCUT2D eigenvalue weighted by atomic mass is 35.5. The van der Waals surface area contributed by atoms with Crippen molar-refractivity contribution in [3.05, 3.63) is 34.6 Å². The van der Waals surface area contributed by atoms with E-state index in [1.165, 1.54) is 0 Å². The lowest BCUT2D eigenvalue weighted by molar-refractivity contribution is 0.194. The van der Waals surface area contributed by atoms with Crippen molar-refractivity contribution >= 4 is 32.5 Å². The Balaban J connectivity index is 2.12. The van der Waals surface area contributed by atoms with Crippen LogP contribution in [0, 0.1) is 0 Å². The van der Waals surface area contributed by atoms with Crippen LogP contribution < -0.4 is 0 Å². The lowest BCUT2D eigenvalue weighted by atomic mass is 9.83. The quantitative estimate of drug-likeness (QED) is 0.647. The van der Waals surface area contributed by atoms with Crippen LogP contribution >= 0.6 is 11.6 Å². The molecule has 0 amide bonds. The smallest absolute Gasteiger partial charge is 0.376 e. The van der Waals surface area contributed by atoms with Gasteiger partial charge in [0.05, 0.1) is 17.3 Å². The van der Waals surface area contributed by atoms with E-state index in [1.54, 1.807) is 13.0 Å². The van der Waals surface area contributed by atoms with Gasteiger partial charge < -0.3 is 19.4 Å². The molecule has 0 radical (unpaired) electrons. The van der Waals surface area contributed by atoms with Gasteiger partial charge in [-0.15, -0.1) is 0 Å². The first kappa shape index (κ1) is 23.6. The molecule has 1 atom stereocenters. The number of nitrogens with zero attached hydrogens (tertiary/aromatic N) is 2. The molecule has 0 aliphatic carbocycles. The van der Waals surface area contributed by atoms with Gasteiger partial charge >= 0.3 is 7.05 Å². The third-order valence-corrected chi connectivity index (χ3v) is 10.9. The molecule has 8 heteroatoms. The van der Waals surface area contributed by atoms with Crippen LogP contribution in [0.15, 0.2) is 18.3 Å². The van der Waals surface area contributed by atoms with E-state index in [-0.39, 0.29) is 17.6 Å². The van der Waals surface area contributed by atoms with Crippen molar-refractivity contribution in [1.82, 2.24) is 9.79 Å². The number of aromatic nitrogens is 1. The topological polar surface area (TPSA) is 65.8 Å². The molecule has 1 aromatic heterocycles. The van der Waals surface area contributed by atoms with Crippen molar-refractivity contribution in [2.24, 2.45) is 0 Å². The molecular formula is C20H34BClN2O3Si.